The van der Waals surface area contributed by atoms with Crippen LogP contribution in [0.2, 0.25) is 5.15 Å². The summed E-state index contributed by atoms with van der Waals surface area (Å²) in [5.74, 6) is -1.78. The van der Waals surface area contributed by atoms with E-state index in [9.17, 15) is 9.59 Å². The fourth-order valence-corrected chi connectivity index (χ4v) is 0.744. The van der Waals surface area contributed by atoms with Gasteiger partial charge in [-0.05, 0) is 12.1 Å². The fraction of sp³-hybridized carbons (Fsp3) is 0.143. The molecule has 7 heteroatoms. The van der Waals surface area contributed by atoms with Crippen LogP contribution >= 0.6 is 11.6 Å². The van der Waals surface area contributed by atoms with Crippen molar-refractivity contribution in [3.8, 4) is 0 Å². The van der Waals surface area contributed by atoms with Crippen molar-refractivity contribution in [2.45, 2.75) is 0 Å². The second-order valence-corrected chi connectivity index (χ2v) is 2.57. The predicted octanol–water partition coefficient (Wildman–Crippen LogP) is 0.241. The maximum absolute atomic E-state index is 10.9. The molecule has 1 rings (SSSR count). The standard InChI is InChI=1S/C7H6ClN3O3/c1-14-7(13)6(12)9-5-3-2-4(8)10-11-5/h2-3H,1H3,(H,9,11,12). The van der Waals surface area contributed by atoms with E-state index in [4.69, 9.17) is 11.6 Å². The number of ether oxygens (including phenoxy) is 1. The maximum Gasteiger partial charge on any atom is 0.396 e. The molecule has 1 heterocycles. The molecule has 0 fully saturated rings. The molecule has 0 aromatic carbocycles. The summed E-state index contributed by atoms with van der Waals surface area (Å²) >= 11 is 5.46. The predicted molar refractivity (Wildman–Crippen MR) is 47.7 cm³/mol. The van der Waals surface area contributed by atoms with Gasteiger partial charge in [0.15, 0.2) is 11.0 Å². The van der Waals surface area contributed by atoms with Crippen molar-refractivity contribution in [3.05, 3.63) is 17.3 Å². The lowest BCUT2D eigenvalue weighted by molar-refractivity contribution is -0.150. The first-order chi connectivity index (χ1) is 6.63. The van der Waals surface area contributed by atoms with Crippen LogP contribution in [0.4, 0.5) is 5.82 Å². The van der Waals surface area contributed by atoms with Gasteiger partial charge in [0.2, 0.25) is 0 Å². The molecule has 0 unspecified atom stereocenters. The van der Waals surface area contributed by atoms with E-state index in [1.165, 1.54) is 12.1 Å². The molecule has 14 heavy (non-hydrogen) atoms. The molecule has 1 N–H and O–H groups in total. The topological polar surface area (TPSA) is 81.2 Å². The number of nitrogens with one attached hydrogen (secondary N) is 1. The lowest BCUT2D eigenvalue weighted by Crippen LogP contribution is -2.24. The first-order valence-corrected chi connectivity index (χ1v) is 3.90. The van der Waals surface area contributed by atoms with E-state index in [2.05, 4.69) is 20.3 Å². The number of hydrogen-bond donors (Lipinski definition) is 1. The molecule has 0 aliphatic rings. The first kappa shape index (κ1) is 10.4. The number of rotatable bonds is 1. The Balaban J connectivity index is 2.65. The van der Waals surface area contributed by atoms with Crippen LogP contribution in [-0.4, -0.2) is 29.2 Å². The lowest BCUT2D eigenvalue weighted by Gasteiger charge is -2.00. The fourth-order valence-electron chi connectivity index (χ4n) is 0.643. The third-order valence-corrected chi connectivity index (χ3v) is 1.45. The monoisotopic (exact) mass is 215 g/mol. The van der Waals surface area contributed by atoms with Crippen LogP contribution < -0.4 is 5.32 Å². The number of amides is 1. The summed E-state index contributed by atoms with van der Waals surface area (Å²) < 4.78 is 4.18. The number of carbonyl (C=O) groups is 2. The number of aromatic nitrogens is 2. The summed E-state index contributed by atoms with van der Waals surface area (Å²) in [5, 5.41) is 9.35. The van der Waals surface area contributed by atoms with Gasteiger partial charge in [-0.2, -0.15) is 0 Å². The Bertz CT molecular complexity index is 352. The Kier molecular flexibility index (Phi) is 3.35. The van der Waals surface area contributed by atoms with Gasteiger partial charge in [0.1, 0.15) is 0 Å². The van der Waals surface area contributed by atoms with Crippen LogP contribution in [0.1, 0.15) is 0 Å². The minimum absolute atomic E-state index is 0.129. The van der Waals surface area contributed by atoms with Gasteiger partial charge in [0.05, 0.1) is 7.11 Å². The highest BCUT2D eigenvalue weighted by atomic mass is 35.5. The summed E-state index contributed by atoms with van der Waals surface area (Å²) in [4.78, 5) is 21.6. The maximum atomic E-state index is 10.9. The van der Waals surface area contributed by atoms with Crippen LogP contribution in [0.15, 0.2) is 12.1 Å². The molecule has 0 spiro atoms. The number of carbonyl (C=O) groups excluding carboxylic acids is 2. The molecular formula is C7H6ClN3O3. The molecule has 0 radical (unpaired) electrons. The molecule has 0 bridgehead atoms. The third-order valence-electron chi connectivity index (χ3n) is 1.24. The lowest BCUT2D eigenvalue weighted by atomic mass is 10.5. The minimum Gasteiger partial charge on any atom is -0.462 e. The van der Waals surface area contributed by atoms with Gasteiger partial charge in [0, 0.05) is 0 Å². The van der Waals surface area contributed by atoms with Crippen molar-refractivity contribution in [2.75, 3.05) is 12.4 Å². The highest BCUT2D eigenvalue weighted by Crippen LogP contribution is 2.05. The quantitative estimate of drug-likeness (QED) is 0.536. The van der Waals surface area contributed by atoms with Gasteiger partial charge in [-0.1, -0.05) is 11.6 Å². The Morgan fingerprint density at radius 1 is 1.43 bits per heavy atom. The van der Waals surface area contributed by atoms with E-state index in [1.54, 1.807) is 0 Å². The molecular weight excluding hydrogens is 210 g/mol. The van der Waals surface area contributed by atoms with Crippen LogP contribution in [0, 0.1) is 0 Å². The molecule has 1 aromatic heterocycles. The van der Waals surface area contributed by atoms with Crippen molar-refractivity contribution in [3.63, 3.8) is 0 Å². The van der Waals surface area contributed by atoms with Gasteiger partial charge in [-0.3, -0.25) is 10.1 Å². The Morgan fingerprint density at radius 2 is 2.14 bits per heavy atom. The zero-order chi connectivity index (χ0) is 10.6. The molecule has 1 aromatic rings. The summed E-state index contributed by atoms with van der Waals surface area (Å²) in [7, 11) is 1.11. The van der Waals surface area contributed by atoms with Crippen molar-refractivity contribution >= 4 is 29.3 Å². The molecule has 6 nitrogen and oxygen atoms in total. The van der Waals surface area contributed by atoms with Crippen molar-refractivity contribution < 1.29 is 14.3 Å². The van der Waals surface area contributed by atoms with Crippen LogP contribution in [0.5, 0.6) is 0 Å². The molecule has 0 saturated carbocycles. The van der Waals surface area contributed by atoms with E-state index in [1.807, 2.05) is 0 Å². The average molecular weight is 216 g/mol. The highest BCUT2D eigenvalue weighted by Gasteiger charge is 2.14. The molecule has 0 aliphatic carbocycles. The highest BCUT2D eigenvalue weighted by molar-refractivity contribution is 6.37. The number of methoxy groups -OCH3 is 1. The number of halogens is 1. The normalized spacial score (nSPS) is 9.29. The molecule has 1 amide bonds. The second-order valence-electron chi connectivity index (χ2n) is 2.19. The average Bonchev–Trinajstić information content (AvgIpc) is 2.20. The van der Waals surface area contributed by atoms with Gasteiger partial charge < -0.3 is 4.74 Å². The van der Waals surface area contributed by atoms with Crippen molar-refractivity contribution in [2.24, 2.45) is 0 Å². The number of esters is 1. The zero-order valence-electron chi connectivity index (χ0n) is 7.15. The van der Waals surface area contributed by atoms with Crippen molar-refractivity contribution in [1.82, 2.24) is 10.2 Å². The van der Waals surface area contributed by atoms with E-state index >= 15 is 0 Å². The van der Waals surface area contributed by atoms with Crippen LogP contribution in [0.3, 0.4) is 0 Å². The second kappa shape index (κ2) is 4.52. The Labute approximate surface area is 84.2 Å². The van der Waals surface area contributed by atoms with Gasteiger partial charge in [0.25, 0.3) is 0 Å². The van der Waals surface area contributed by atoms with E-state index in [0.717, 1.165) is 7.11 Å². The van der Waals surface area contributed by atoms with Crippen LogP contribution in [-0.2, 0) is 14.3 Å². The van der Waals surface area contributed by atoms with Gasteiger partial charge >= 0.3 is 11.9 Å². The van der Waals surface area contributed by atoms with E-state index in [0.29, 0.717) is 0 Å². The summed E-state index contributed by atoms with van der Waals surface area (Å²) in [6.07, 6.45) is 0. The van der Waals surface area contributed by atoms with Crippen LogP contribution in [0.25, 0.3) is 0 Å². The Morgan fingerprint density at radius 3 is 2.64 bits per heavy atom. The summed E-state index contributed by atoms with van der Waals surface area (Å²) in [6.45, 7) is 0. The molecule has 0 saturated heterocycles. The largest absolute Gasteiger partial charge is 0.462 e. The van der Waals surface area contributed by atoms with Gasteiger partial charge in [-0.15, -0.1) is 10.2 Å². The molecule has 0 atom stereocenters. The minimum atomic E-state index is -0.998. The van der Waals surface area contributed by atoms with Gasteiger partial charge in [-0.25, -0.2) is 4.79 Å². The molecule has 0 aliphatic heterocycles. The summed E-state index contributed by atoms with van der Waals surface area (Å²) in [6, 6.07) is 2.84. The number of anilines is 1. The first-order valence-electron chi connectivity index (χ1n) is 3.52. The smallest absolute Gasteiger partial charge is 0.396 e. The third kappa shape index (κ3) is 2.67. The number of nitrogens with zero attached hydrogens (tertiary/aromatic N) is 2. The van der Waals surface area contributed by atoms with E-state index in [-0.39, 0.29) is 11.0 Å². The zero-order valence-corrected chi connectivity index (χ0v) is 7.91. The van der Waals surface area contributed by atoms with E-state index < -0.39 is 11.9 Å². The molecule has 74 valence electrons. The number of hydrogen-bond acceptors (Lipinski definition) is 5. The van der Waals surface area contributed by atoms with Crippen molar-refractivity contribution in [1.29, 1.82) is 0 Å². The SMILES string of the molecule is COC(=O)C(=O)Nc1ccc(Cl)nn1. The Hall–Kier alpha value is -1.69. The summed E-state index contributed by atoms with van der Waals surface area (Å²) in [5.41, 5.74) is 0.